The molecule has 0 aliphatic carbocycles. The highest BCUT2D eigenvalue weighted by Crippen LogP contribution is 2.29. The number of methoxy groups -OCH3 is 1. The van der Waals surface area contributed by atoms with Gasteiger partial charge in [0.1, 0.15) is 5.75 Å². The Morgan fingerprint density at radius 2 is 1.50 bits per heavy atom. The number of rotatable bonds is 7. The van der Waals surface area contributed by atoms with Gasteiger partial charge in [-0.05, 0) is 43.5 Å². The van der Waals surface area contributed by atoms with Gasteiger partial charge in [-0.15, -0.1) is 0 Å². The van der Waals surface area contributed by atoms with Gasteiger partial charge in [-0.1, -0.05) is 55.3 Å². The van der Waals surface area contributed by atoms with E-state index in [1.54, 1.807) is 7.11 Å². The predicted molar refractivity (Wildman–Crippen MR) is 130 cm³/mol. The largest absolute Gasteiger partial charge is 0.495 e. The molecule has 0 saturated carbocycles. The number of hydrogen-bond donors (Lipinski definition) is 0. The van der Waals surface area contributed by atoms with E-state index in [0.29, 0.717) is 5.91 Å². The van der Waals surface area contributed by atoms with Crippen molar-refractivity contribution < 1.29 is 9.53 Å². The van der Waals surface area contributed by atoms with Crippen molar-refractivity contribution in [2.24, 2.45) is 0 Å². The average Bonchev–Trinajstić information content (AvgIpc) is 3.15. The summed E-state index contributed by atoms with van der Waals surface area (Å²) in [6.45, 7) is 6.78. The molecule has 2 heterocycles. The van der Waals surface area contributed by atoms with Gasteiger partial charge in [0.05, 0.1) is 18.7 Å². The first-order valence-electron chi connectivity index (χ1n) is 12.2. The van der Waals surface area contributed by atoms with Crippen LogP contribution in [0.4, 0.5) is 5.69 Å². The summed E-state index contributed by atoms with van der Waals surface area (Å²) in [6.07, 6.45) is 5.65. The molecule has 2 aromatic carbocycles. The zero-order valence-electron chi connectivity index (χ0n) is 19.4. The lowest BCUT2D eigenvalue weighted by Crippen LogP contribution is -2.47. The fraction of sp³-hybridized carbons (Fsp3) is 0.519. The Labute approximate surface area is 193 Å². The van der Waals surface area contributed by atoms with Gasteiger partial charge in [-0.2, -0.15) is 0 Å². The molecule has 2 saturated heterocycles. The molecule has 5 nitrogen and oxygen atoms in total. The predicted octanol–water partition coefficient (Wildman–Crippen LogP) is 4.39. The minimum Gasteiger partial charge on any atom is -0.495 e. The highest BCUT2D eigenvalue weighted by Gasteiger charge is 2.28. The molecule has 2 aromatic rings. The van der Waals surface area contributed by atoms with E-state index in [2.05, 4.69) is 51.1 Å². The van der Waals surface area contributed by atoms with Crippen molar-refractivity contribution in [3.8, 4) is 5.75 Å². The van der Waals surface area contributed by atoms with E-state index < -0.39 is 0 Å². The van der Waals surface area contributed by atoms with Gasteiger partial charge >= 0.3 is 0 Å². The molecule has 2 aliphatic rings. The number of carbonyl (C=O) groups excluding carboxylic acids is 1. The summed E-state index contributed by atoms with van der Waals surface area (Å²) >= 11 is 0. The first kappa shape index (κ1) is 22.7. The lowest BCUT2D eigenvalue weighted by atomic mass is 9.93. The van der Waals surface area contributed by atoms with E-state index in [0.717, 1.165) is 76.4 Å². The fourth-order valence-corrected chi connectivity index (χ4v) is 5.04. The average molecular weight is 436 g/mol. The minimum absolute atomic E-state index is 0.0402. The molecule has 2 aliphatic heterocycles. The summed E-state index contributed by atoms with van der Waals surface area (Å²) < 4.78 is 5.55. The third kappa shape index (κ3) is 5.63. The topological polar surface area (TPSA) is 36.0 Å². The lowest BCUT2D eigenvalue weighted by molar-refractivity contribution is -0.133. The van der Waals surface area contributed by atoms with Crippen molar-refractivity contribution in [1.82, 2.24) is 9.80 Å². The number of carbonyl (C=O) groups is 1. The SMILES string of the molecule is COc1ccccc1N1CCN(CC[C@@H](C(=O)N2CCCCCC2)c2ccccc2)CC1. The van der Waals surface area contributed by atoms with Crippen molar-refractivity contribution in [2.75, 3.05) is 57.8 Å². The monoisotopic (exact) mass is 435 g/mol. The maximum absolute atomic E-state index is 13.5. The number of hydrogen-bond acceptors (Lipinski definition) is 4. The molecule has 0 N–H and O–H groups in total. The maximum atomic E-state index is 13.5. The smallest absolute Gasteiger partial charge is 0.230 e. The first-order valence-corrected chi connectivity index (χ1v) is 12.2. The molecule has 0 bridgehead atoms. The van der Waals surface area contributed by atoms with Crippen molar-refractivity contribution in [3.05, 3.63) is 60.2 Å². The zero-order chi connectivity index (χ0) is 22.2. The number of amides is 1. The van der Waals surface area contributed by atoms with Crippen LogP contribution in [0.2, 0.25) is 0 Å². The fourth-order valence-electron chi connectivity index (χ4n) is 5.04. The molecule has 1 amide bonds. The zero-order valence-corrected chi connectivity index (χ0v) is 19.4. The molecule has 32 heavy (non-hydrogen) atoms. The van der Waals surface area contributed by atoms with E-state index in [-0.39, 0.29) is 5.92 Å². The Hall–Kier alpha value is -2.53. The van der Waals surface area contributed by atoms with Gasteiger partial charge in [0.15, 0.2) is 0 Å². The van der Waals surface area contributed by atoms with E-state index in [1.165, 1.54) is 18.5 Å². The molecule has 5 heteroatoms. The van der Waals surface area contributed by atoms with Gasteiger partial charge in [0.2, 0.25) is 5.91 Å². The van der Waals surface area contributed by atoms with Crippen molar-refractivity contribution in [2.45, 2.75) is 38.0 Å². The summed E-state index contributed by atoms with van der Waals surface area (Å²) in [7, 11) is 1.74. The van der Waals surface area contributed by atoms with Crippen molar-refractivity contribution in [3.63, 3.8) is 0 Å². The third-order valence-electron chi connectivity index (χ3n) is 6.95. The highest BCUT2D eigenvalue weighted by molar-refractivity contribution is 5.83. The summed E-state index contributed by atoms with van der Waals surface area (Å²) in [5.74, 6) is 1.22. The van der Waals surface area contributed by atoms with Crippen LogP contribution >= 0.6 is 0 Å². The molecule has 4 rings (SSSR count). The third-order valence-corrected chi connectivity index (χ3v) is 6.95. The van der Waals surface area contributed by atoms with E-state index in [9.17, 15) is 4.79 Å². The normalized spacial score (nSPS) is 18.8. The molecular weight excluding hydrogens is 398 g/mol. The molecule has 0 unspecified atom stereocenters. The number of likely N-dealkylation sites (tertiary alicyclic amines) is 1. The Morgan fingerprint density at radius 3 is 2.19 bits per heavy atom. The maximum Gasteiger partial charge on any atom is 0.230 e. The number of benzene rings is 2. The second kappa shape index (κ2) is 11.4. The van der Waals surface area contributed by atoms with Crippen LogP contribution in [0.5, 0.6) is 5.75 Å². The Bertz CT molecular complexity index is 841. The van der Waals surface area contributed by atoms with Gasteiger partial charge in [-0.3, -0.25) is 9.69 Å². The van der Waals surface area contributed by atoms with Gasteiger partial charge in [-0.25, -0.2) is 0 Å². The van der Waals surface area contributed by atoms with Crippen LogP contribution in [-0.2, 0) is 4.79 Å². The summed E-state index contributed by atoms with van der Waals surface area (Å²) in [5, 5.41) is 0. The number of anilines is 1. The van der Waals surface area contributed by atoms with Crippen LogP contribution in [0.1, 0.15) is 43.6 Å². The van der Waals surface area contributed by atoms with Crippen LogP contribution in [-0.4, -0.2) is 68.6 Å². The van der Waals surface area contributed by atoms with Crippen molar-refractivity contribution >= 4 is 11.6 Å². The van der Waals surface area contributed by atoms with E-state index >= 15 is 0 Å². The van der Waals surface area contributed by atoms with Crippen LogP contribution < -0.4 is 9.64 Å². The number of nitrogens with zero attached hydrogens (tertiary/aromatic N) is 3. The first-order chi connectivity index (χ1) is 15.8. The second-order valence-corrected chi connectivity index (χ2v) is 8.99. The molecule has 1 atom stereocenters. The number of ether oxygens (including phenoxy) is 1. The van der Waals surface area contributed by atoms with Crippen LogP contribution in [0, 0.1) is 0 Å². The Morgan fingerprint density at radius 1 is 0.844 bits per heavy atom. The van der Waals surface area contributed by atoms with Gasteiger partial charge in [0.25, 0.3) is 0 Å². The standard InChI is InChI=1S/C27H37N3O2/c1-32-26-14-8-7-13-25(26)29-21-19-28(20-22-29)18-15-24(23-11-5-4-6-12-23)27(31)30-16-9-2-3-10-17-30/h4-8,11-14,24H,2-3,9-10,15-22H2,1H3/t24-/m1/s1. The number of piperazine rings is 1. The molecule has 0 aromatic heterocycles. The summed E-state index contributed by atoms with van der Waals surface area (Å²) in [6, 6.07) is 18.7. The lowest BCUT2D eigenvalue weighted by Gasteiger charge is -2.37. The number of para-hydroxylation sites is 2. The highest BCUT2D eigenvalue weighted by atomic mass is 16.5. The second-order valence-electron chi connectivity index (χ2n) is 8.99. The molecule has 2 fully saturated rings. The van der Waals surface area contributed by atoms with Crippen LogP contribution in [0.3, 0.4) is 0 Å². The quantitative estimate of drug-likeness (QED) is 0.646. The molecular formula is C27H37N3O2. The molecule has 0 radical (unpaired) electrons. The molecule has 0 spiro atoms. The van der Waals surface area contributed by atoms with E-state index in [1.807, 2.05) is 18.2 Å². The summed E-state index contributed by atoms with van der Waals surface area (Å²) in [4.78, 5) is 20.6. The van der Waals surface area contributed by atoms with Gasteiger partial charge < -0.3 is 14.5 Å². The van der Waals surface area contributed by atoms with Crippen LogP contribution in [0.15, 0.2) is 54.6 Å². The molecule has 172 valence electrons. The minimum atomic E-state index is -0.0402. The van der Waals surface area contributed by atoms with Gasteiger partial charge in [0, 0.05) is 39.3 Å². The Balaban J connectivity index is 1.37. The summed E-state index contributed by atoms with van der Waals surface area (Å²) in [5.41, 5.74) is 2.34. The Kier molecular flexibility index (Phi) is 8.05. The van der Waals surface area contributed by atoms with E-state index in [4.69, 9.17) is 4.74 Å². The van der Waals surface area contributed by atoms with Crippen LogP contribution in [0.25, 0.3) is 0 Å². The van der Waals surface area contributed by atoms with Crippen molar-refractivity contribution in [1.29, 1.82) is 0 Å².